The van der Waals surface area contributed by atoms with Crippen LogP contribution in [0.2, 0.25) is 0 Å². The first-order valence-corrected chi connectivity index (χ1v) is 8.86. The summed E-state index contributed by atoms with van der Waals surface area (Å²) < 4.78 is 66.2. The molecule has 9 heteroatoms. The van der Waals surface area contributed by atoms with Crippen LogP contribution in [0.25, 0.3) is 0 Å². The van der Waals surface area contributed by atoms with Crippen molar-refractivity contribution < 1.29 is 21.6 Å². The standard InChI is InChI=1S/C15H16F3N3O2S/c1-10-14(9-19-21(10)15(17)18)24(22,23)20-8-2-3-13(20)11-4-6-12(16)7-5-11/h4-7,9,13,15H,2-3,8H2,1H3/t13-/m1/s1. The first-order valence-electron chi connectivity index (χ1n) is 7.42. The van der Waals surface area contributed by atoms with E-state index >= 15 is 0 Å². The minimum Gasteiger partial charge on any atom is -0.207 e. The highest BCUT2D eigenvalue weighted by molar-refractivity contribution is 7.89. The average Bonchev–Trinajstić information content (AvgIpc) is 3.15. The van der Waals surface area contributed by atoms with Crippen LogP contribution < -0.4 is 0 Å². The lowest BCUT2D eigenvalue weighted by Gasteiger charge is -2.24. The average molecular weight is 359 g/mol. The Morgan fingerprint density at radius 3 is 2.50 bits per heavy atom. The zero-order valence-corrected chi connectivity index (χ0v) is 13.7. The lowest BCUT2D eigenvalue weighted by molar-refractivity contribution is 0.0541. The van der Waals surface area contributed by atoms with E-state index in [9.17, 15) is 21.6 Å². The van der Waals surface area contributed by atoms with Gasteiger partial charge in [0, 0.05) is 6.54 Å². The number of benzene rings is 1. The third kappa shape index (κ3) is 2.82. The SMILES string of the molecule is Cc1c(S(=O)(=O)N2CCC[C@@H]2c2ccc(F)cc2)cnn1C(F)F. The summed E-state index contributed by atoms with van der Waals surface area (Å²) in [4.78, 5) is -0.225. The zero-order chi connectivity index (χ0) is 17.5. The summed E-state index contributed by atoms with van der Waals surface area (Å²) in [6, 6.07) is 5.20. The summed E-state index contributed by atoms with van der Waals surface area (Å²) in [5, 5.41) is 3.47. The summed E-state index contributed by atoms with van der Waals surface area (Å²) in [5.74, 6) is -0.403. The van der Waals surface area contributed by atoms with Gasteiger partial charge in [-0.3, -0.25) is 0 Å². The molecule has 0 saturated carbocycles. The van der Waals surface area contributed by atoms with Crippen LogP contribution in [0.1, 0.15) is 36.7 Å². The molecule has 2 aromatic rings. The largest absolute Gasteiger partial charge is 0.333 e. The topological polar surface area (TPSA) is 55.2 Å². The molecule has 130 valence electrons. The van der Waals surface area contributed by atoms with Crippen LogP contribution in [0, 0.1) is 12.7 Å². The van der Waals surface area contributed by atoms with Crippen LogP contribution in [0.4, 0.5) is 13.2 Å². The van der Waals surface area contributed by atoms with E-state index in [0.29, 0.717) is 23.1 Å². The van der Waals surface area contributed by atoms with Crippen molar-refractivity contribution in [1.82, 2.24) is 14.1 Å². The molecule has 1 atom stereocenters. The van der Waals surface area contributed by atoms with E-state index in [1.165, 1.54) is 23.4 Å². The van der Waals surface area contributed by atoms with E-state index < -0.39 is 28.4 Å². The lowest BCUT2D eigenvalue weighted by atomic mass is 10.1. The van der Waals surface area contributed by atoms with E-state index in [2.05, 4.69) is 5.10 Å². The van der Waals surface area contributed by atoms with Gasteiger partial charge in [-0.05, 0) is 37.5 Å². The molecule has 0 unspecified atom stereocenters. The summed E-state index contributed by atoms with van der Waals surface area (Å²) in [6.07, 6.45) is 2.19. The van der Waals surface area contributed by atoms with Crippen LogP contribution >= 0.6 is 0 Å². The zero-order valence-electron chi connectivity index (χ0n) is 12.9. The van der Waals surface area contributed by atoms with Crippen molar-refractivity contribution in [2.24, 2.45) is 0 Å². The number of sulfonamides is 1. The Morgan fingerprint density at radius 2 is 1.92 bits per heavy atom. The van der Waals surface area contributed by atoms with Gasteiger partial charge < -0.3 is 0 Å². The van der Waals surface area contributed by atoms with Crippen LogP contribution in [0.15, 0.2) is 35.4 Å². The summed E-state index contributed by atoms with van der Waals surface area (Å²) in [7, 11) is -3.97. The van der Waals surface area contributed by atoms with Gasteiger partial charge in [0.05, 0.1) is 17.9 Å². The second-order valence-corrected chi connectivity index (χ2v) is 7.50. The fraction of sp³-hybridized carbons (Fsp3) is 0.400. The van der Waals surface area contributed by atoms with Gasteiger partial charge in [-0.25, -0.2) is 17.5 Å². The third-order valence-electron chi connectivity index (χ3n) is 4.23. The van der Waals surface area contributed by atoms with Gasteiger partial charge in [-0.1, -0.05) is 12.1 Å². The van der Waals surface area contributed by atoms with Crippen molar-refractivity contribution in [3.05, 3.63) is 47.5 Å². The smallest absolute Gasteiger partial charge is 0.207 e. The highest BCUT2D eigenvalue weighted by Gasteiger charge is 2.38. The van der Waals surface area contributed by atoms with Gasteiger partial charge >= 0.3 is 6.55 Å². The van der Waals surface area contributed by atoms with Crippen molar-refractivity contribution in [3.8, 4) is 0 Å². The molecule has 1 aromatic carbocycles. The quantitative estimate of drug-likeness (QED) is 0.842. The number of rotatable bonds is 4. The predicted molar refractivity (Wildman–Crippen MR) is 80.5 cm³/mol. The monoisotopic (exact) mass is 359 g/mol. The summed E-state index contributed by atoms with van der Waals surface area (Å²) in [6.45, 7) is -1.32. The molecular weight excluding hydrogens is 343 g/mol. The van der Waals surface area contributed by atoms with E-state index in [4.69, 9.17) is 0 Å². The van der Waals surface area contributed by atoms with Gasteiger partial charge in [-0.15, -0.1) is 0 Å². The maximum atomic E-state index is 13.1. The molecular formula is C15H16F3N3O2S. The molecule has 0 amide bonds. The molecule has 0 aliphatic carbocycles. The number of alkyl halides is 2. The summed E-state index contributed by atoms with van der Waals surface area (Å²) >= 11 is 0. The lowest BCUT2D eigenvalue weighted by Crippen LogP contribution is -2.31. The highest BCUT2D eigenvalue weighted by atomic mass is 32.2. The third-order valence-corrected chi connectivity index (χ3v) is 6.24. The Bertz CT molecular complexity index is 834. The van der Waals surface area contributed by atoms with Gasteiger partial charge in [0.25, 0.3) is 0 Å². The molecule has 2 heterocycles. The molecule has 5 nitrogen and oxygen atoms in total. The molecule has 3 rings (SSSR count). The second kappa shape index (κ2) is 6.21. The highest BCUT2D eigenvalue weighted by Crippen LogP contribution is 2.37. The Labute approximate surface area is 137 Å². The van der Waals surface area contributed by atoms with Gasteiger partial charge in [-0.2, -0.15) is 18.2 Å². The number of hydrogen-bond donors (Lipinski definition) is 0. The van der Waals surface area contributed by atoms with Gasteiger partial charge in [0.2, 0.25) is 10.0 Å². The Hall–Kier alpha value is -1.87. The molecule has 0 bridgehead atoms. The molecule has 1 aromatic heterocycles. The Kier molecular flexibility index (Phi) is 4.39. The second-order valence-electron chi connectivity index (χ2n) is 5.64. The van der Waals surface area contributed by atoms with Crippen LogP contribution in [0.5, 0.6) is 0 Å². The number of nitrogens with zero attached hydrogens (tertiary/aromatic N) is 3. The molecule has 0 N–H and O–H groups in total. The Balaban J connectivity index is 1.98. The maximum Gasteiger partial charge on any atom is 0.333 e. The molecule has 1 fully saturated rings. The number of aromatic nitrogens is 2. The van der Waals surface area contributed by atoms with E-state index in [-0.39, 0.29) is 17.1 Å². The molecule has 1 saturated heterocycles. The van der Waals surface area contributed by atoms with Crippen molar-refractivity contribution in [2.45, 2.75) is 37.3 Å². The number of hydrogen-bond acceptors (Lipinski definition) is 3. The molecule has 24 heavy (non-hydrogen) atoms. The first-order chi connectivity index (χ1) is 11.3. The minimum atomic E-state index is -3.97. The van der Waals surface area contributed by atoms with Crippen molar-refractivity contribution >= 4 is 10.0 Å². The van der Waals surface area contributed by atoms with Gasteiger partial charge in [0.1, 0.15) is 10.7 Å². The Morgan fingerprint density at radius 1 is 1.25 bits per heavy atom. The first kappa shape index (κ1) is 17.0. The fourth-order valence-corrected chi connectivity index (χ4v) is 4.86. The van der Waals surface area contributed by atoms with Gasteiger partial charge in [0.15, 0.2) is 0 Å². The van der Waals surface area contributed by atoms with Crippen molar-refractivity contribution in [1.29, 1.82) is 0 Å². The normalized spacial score (nSPS) is 19.3. The van der Waals surface area contributed by atoms with Crippen molar-refractivity contribution in [3.63, 3.8) is 0 Å². The van der Waals surface area contributed by atoms with Crippen molar-refractivity contribution in [2.75, 3.05) is 6.54 Å². The molecule has 0 radical (unpaired) electrons. The van der Waals surface area contributed by atoms with E-state index in [1.54, 1.807) is 12.1 Å². The molecule has 0 spiro atoms. The summed E-state index contributed by atoms with van der Waals surface area (Å²) in [5.41, 5.74) is 0.575. The van der Waals surface area contributed by atoms with Crippen LogP contribution in [-0.2, 0) is 10.0 Å². The fourth-order valence-electron chi connectivity index (χ4n) is 3.03. The van der Waals surface area contributed by atoms with E-state index in [1.807, 2.05) is 0 Å². The van der Waals surface area contributed by atoms with Crippen LogP contribution in [0.3, 0.4) is 0 Å². The molecule has 1 aliphatic heterocycles. The predicted octanol–water partition coefficient (Wildman–Crippen LogP) is 3.25. The van der Waals surface area contributed by atoms with Crippen LogP contribution in [-0.4, -0.2) is 29.0 Å². The van der Waals surface area contributed by atoms with E-state index in [0.717, 1.165) is 6.20 Å². The molecule has 1 aliphatic rings. The maximum absolute atomic E-state index is 13.1. The minimum absolute atomic E-state index is 0.102. The number of halogens is 3.